The molecule has 30 heavy (non-hydrogen) atoms. The average Bonchev–Trinajstić information content (AvgIpc) is 2.93. The molecule has 1 amide bonds. The molecule has 0 radical (unpaired) electrons. The van der Waals surface area contributed by atoms with Crippen molar-refractivity contribution in [2.24, 2.45) is 0 Å². The Morgan fingerprint density at radius 1 is 1.07 bits per heavy atom. The van der Waals surface area contributed by atoms with E-state index in [4.69, 9.17) is 0 Å². The highest BCUT2D eigenvalue weighted by Gasteiger charge is 2.51. The third-order valence-electron chi connectivity index (χ3n) is 6.29. The lowest BCUT2D eigenvalue weighted by atomic mass is 9.87. The van der Waals surface area contributed by atoms with Crippen molar-refractivity contribution in [3.63, 3.8) is 0 Å². The van der Waals surface area contributed by atoms with Crippen LogP contribution < -0.4 is 4.90 Å². The number of fused-ring (bicyclic) bond motifs is 1. The van der Waals surface area contributed by atoms with E-state index in [0.29, 0.717) is 23.5 Å². The topological polar surface area (TPSA) is 64.1 Å². The van der Waals surface area contributed by atoms with Crippen LogP contribution in [0.2, 0.25) is 0 Å². The maximum absolute atomic E-state index is 13.4. The highest BCUT2D eigenvalue weighted by Crippen LogP contribution is 2.43. The van der Waals surface area contributed by atoms with E-state index in [-0.39, 0.29) is 12.2 Å². The Kier molecular flexibility index (Phi) is 5.49. The van der Waals surface area contributed by atoms with Crippen molar-refractivity contribution < 1.29 is 14.7 Å². The lowest BCUT2D eigenvalue weighted by Crippen LogP contribution is -2.51. The summed E-state index contributed by atoms with van der Waals surface area (Å²) in [5.74, 6) is -0.635. The van der Waals surface area contributed by atoms with Crippen LogP contribution in [-0.2, 0) is 10.4 Å². The van der Waals surface area contributed by atoms with E-state index in [1.807, 2.05) is 44.2 Å². The highest BCUT2D eigenvalue weighted by atomic mass is 16.3. The summed E-state index contributed by atoms with van der Waals surface area (Å²) in [6.45, 7) is 7.84. The number of ketones is 1. The fourth-order valence-electron chi connectivity index (χ4n) is 4.37. The third-order valence-corrected chi connectivity index (χ3v) is 6.29. The number of aliphatic hydroxyl groups is 1. The Hall–Kier alpha value is -2.54. The molecule has 1 N–H and O–H groups in total. The first kappa shape index (κ1) is 20.7. The molecule has 1 saturated heterocycles. The van der Waals surface area contributed by atoms with Crippen LogP contribution in [0.3, 0.4) is 0 Å². The number of rotatable bonds is 5. The number of piperazine rings is 1. The van der Waals surface area contributed by atoms with Crippen LogP contribution in [0.15, 0.2) is 42.5 Å². The zero-order valence-corrected chi connectivity index (χ0v) is 17.9. The number of anilines is 1. The molecule has 6 nitrogen and oxygen atoms in total. The maximum atomic E-state index is 13.4. The number of para-hydroxylation sites is 1. The largest absolute Gasteiger partial charge is 0.375 e. The molecule has 2 heterocycles. The van der Waals surface area contributed by atoms with Crippen molar-refractivity contribution in [1.29, 1.82) is 0 Å². The molecule has 0 aromatic heterocycles. The summed E-state index contributed by atoms with van der Waals surface area (Å²) in [6, 6.07) is 13.0. The van der Waals surface area contributed by atoms with Crippen LogP contribution in [0.1, 0.15) is 33.5 Å². The second-order valence-electron chi connectivity index (χ2n) is 8.59. The summed E-state index contributed by atoms with van der Waals surface area (Å²) in [5.41, 5.74) is 1.76. The molecule has 0 saturated carbocycles. The highest BCUT2D eigenvalue weighted by molar-refractivity contribution is 6.11. The summed E-state index contributed by atoms with van der Waals surface area (Å²) < 4.78 is 0. The van der Waals surface area contributed by atoms with Crippen LogP contribution in [-0.4, -0.2) is 66.5 Å². The molecule has 2 aliphatic rings. The number of hydrogen-bond donors (Lipinski definition) is 1. The molecular formula is C24H29N3O3. The van der Waals surface area contributed by atoms with E-state index in [1.165, 1.54) is 0 Å². The Morgan fingerprint density at radius 3 is 2.50 bits per heavy atom. The van der Waals surface area contributed by atoms with Gasteiger partial charge < -0.3 is 10.0 Å². The minimum atomic E-state index is -1.84. The molecule has 2 aromatic carbocycles. The quantitative estimate of drug-likeness (QED) is 0.771. The van der Waals surface area contributed by atoms with Gasteiger partial charge in [0.1, 0.15) is 0 Å². The third kappa shape index (κ3) is 3.67. The van der Waals surface area contributed by atoms with Crippen molar-refractivity contribution in [2.75, 3.05) is 44.8 Å². The standard InChI is InChI=1S/C24H29N3O3/c1-17-8-9-18(2)19(14-17)22(28)15-24(30)20-6-4-5-7-21(20)27(23(24)29)16-26-12-10-25(3)11-13-26/h4-9,14,30H,10-13,15-16H2,1-3H3. The van der Waals surface area contributed by atoms with Gasteiger partial charge in [0.15, 0.2) is 11.4 Å². The first-order chi connectivity index (χ1) is 14.3. The van der Waals surface area contributed by atoms with E-state index in [1.54, 1.807) is 17.0 Å². The molecule has 6 heteroatoms. The van der Waals surface area contributed by atoms with Gasteiger partial charge in [0.2, 0.25) is 0 Å². The van der Waals surface area contributed by atoms with Crippen LogP contribution in [0, 0.1) is 13.8 Å². The molecule has 2 aliphatic heterocycles. The summed E-state index contributed by atoms with van der Waals surface area (Å²) in [6.07, 6.45) is -0.258. The average molecular weight is 408 g/mol. The monoisotopic (exact) mass is 407 g/mol. The normalized spacial score (nSPS) is 22.4. The Labute approximate surface area is 177 Å². The van der Waals surface area contributed by atoms with Crippen molar-refractivity contribution in [2.45, 2.75) is 25.9 Å². The van der Waals surface area contributed by atoms with E-state index >= 15 is 0 Å². The maximum Gasteiger partial charge on any atom is 0.265 e. The van der Waals surface area contributed by atoms with Gasteiger partial charge in [-0.15, -0.1) is 0 Å². The van der Waals surface area contributed by atoms with Crippen molar-refractivity contribution >= 4 is 17.4 Å². The van der Waals surface area contributed by atoms with E-state index in [9.17, 15) is 14.7 Å². The number of benzene rings is 2. The van der Waals surface area contributed by atoms with Crippen molar-refractivity contribution in [3.8, 4) is 0 Å². The lowest BCUT2D eigenvalue weighted by Gasteiger charge is -2.35. The van der Waals surface area contributed by atoms with Gasteiger partial charge in [0, 0.05) is 37.3 Å². The fourth-order valence-corrected chi connectivity index (χ4v) is 4.37. The Morgan fingerprint density at radius 2 is 1.77 bits per heavy atom. The zero-order chi connectivity index (χ0) is 21.5. The number of carbonyl (C=O) groups is 2. The van der Waals surface area contributed by atoms with Crippen LogP contribution in [0.4, 0.5) is 5.69 Å². The summed E-state index contributed by atoms with van der Waals surface area (Å²) in [7, 11) is 2.09. The predicted octanol–water partition coefficient (Wildman–Crippen LogP) is 2.32. The summed E-state index contributed by atoms with van der Waals surface area (Å²) >= 11 is 0. The summed E-state index contributed by atoms with van der Waals surface area (Å²) in [5, 5.41) is 11.5. The summed E-state index contributed by atoms with van der Waals surface area (Å²) in [4.78, 5) is 32.7. The number of amides is 1. The Bertz CT molecular complexity index is 981. The smallest absolute Gasteiger partial charge is 0.265 e. The second kappa shape index (κ2) is 7.95. The number of carbonyl (C=O) groups excluding carboxylic acids is 2. The van der Waals surface area contributed by atoms with Crippen molar-refractivity contribution in [3.05, 3.63) is 64.7 Å². The van der Waals surface area contributed by atoms with Gasteiger partial charge in [-0.3, -0.25) is 19.4 Å². The first-order valence-electron chi connectivity index (χ1n) is 10.4. The van der Waals surface area contributed by atoms with Gasteiger partial charge in [0.05, 0.1) is 18.8 Å². The zero-order valence-electron chi connectivity index (χ0n) is 17.9. The molecule has 1 atom stereocenters. The molecule has 0 spiro atoms. The predicted molar refractivity (Wildman–Crippen MR) is 117 cm³/mol. The van der Waals surface area contributed by atoms with Gasteiger partial charge in [-0.25, -0.2) is 0 Å². The Balaban J connectivity index is 1.62. The molecule has 158 valence electrons. The lowest BCUT2D eigenvalue weighted by molar-refractivity contribution is -0.136. The number of likely N-dealkylation sites (N-methyl/N-ethyl adjacent to an activating group) is 1. The number of aryl methyl sites for hydroxylation is 2. The number of Topliss-reactive ketones (excluding diaryl/α,β-unsaturated/α-hetero) is 1. The second-order valence-corrected chi connectivity index (χ2v) is 8.59. The number of hydrogen-bond acceptors (Lipinski definition) is 5. The molecular weight excluding hydrogens is 378 g/mol. The molecule has 1 unspecified atom stereocenters. The SMILES string of the molecule is Cc1ccc(C)c(C(=O)CC2(O)C(=O)N(CN3CCN(C)CC3)c3ccccc32)c1. The number of nitrogens with zero attached hydrogens (tertiary/aromatic N) is 3. The van der Waals surface area contributed by atoms with Gasteiger partial charge in [-0.1, -0.05) is 35.9 Å². The molecule has 1 fully saturated rings. The van der Waals surface area contributed by atoms with E-state index in [0.717, 1.165) is 37.3 Å². The first-order valence-corrected chi connectivity index (χ1v) is 10.4. The van der Waals surface area contributed by atoms with Gasteiger partial charge in [-0.2, -0.15) is 0 Å². The fraction of sp³-hybridized carbons (Fsp3) is 0.417. The van der Waals surface area contributed by atoms with Gasteiger partial charge in [0.25, 0.3) is 5.91 Å². The van der Waals surface area contributed by atoms with Gasteiger partial charge in [-0.05, 0) is 38.6 Å². The van der Waals surface area contributed by atoms with E-state index < -0.39 is 11.5 Å². The van der Waals surface area contributed by atoms with E-state index in [2.05, 4.69) is 16.8 Å². The molecule has 0 aliphatic carbocycles. The van der Waals surface area contributed by atoms with Gasteiger partial charge >= 0.3 is 0 Å². The minimum Gasteiger partial charge on any atom is -0.375 e. The molecule has 4 rings (SSSR count). The molecule has 2 aromatic rings. The van der Waals surface area contributed by atoms with Crippen molar-refractivity contribution in [1.82, 2.24) is 9.80 Å². The van der Waals surface area contributed by atoms with Crippen LogP contribution >= 0.6 is 0 Å². The minimum absolute atomic E-state index is 0.219. The molecule has 0 bridgehead atoms. The van der Waals surface area contributed by atoms with Crippen LogP contribution in [0.5, 0.6) is 0 Å². The van der Waals surface area contributed by atoms with Crippen LogP contribution in [0.25, 0.3) is 0 Å².